The highest BCUT2D eigenvalue weighted by molar-refractivity contribution is 5.48. The number of aromatic hydroxyl groups is 1. The van der Waals surface area contributed by atoms with Crippen molar-refractivity contribution in [2.24, 2.45) is 0 Å². The Morgan fingerprint density at radius 3 is 1.73 bits per heavy atom. The molecule has 2 heteroatoms. The molecule has 1 aromatic carbocycles. The number of anilines is 1. The Kier molecular flexibility index (Phi) is 10.6. The minimum absolute atomic E-state index is 0.355. The molecule has 0 fully saturated rings. The maximum Gasteiger partial charge on any atom is 0.115 e. The Balaban J connectivity index is 2.33. The number of phenols is 1. The predicted molar refractivity (Wildman–Crippen MR) is 97.8 cm³/mol. The van der Waals surface area contributed by atoms with Crippen LogP contribution < -0.4 is 4.90 Å². The van der Waals surface area contributed by atoms with Crippen molar-refractivity contribution in [2.75, 3.05) is 18.0 Å². The SMILES string of the molecule is CCCCCCCCCN(CCCCC)c1ccc(O)cc1. The summed E-state index contributed by atoms with van der Waals surface area (Å²) in [7, 11) is 0. The fraction of sp³-hybridized carbons (Fsp3) is 0.700. The summed E-state index contributed by atoms with van der Waals surface area (Å²) in [4.78, 5) is 2.49. The van der Waals surface area contributed by atoms with Gasteiger partial charge >= 0.3 is 0 Å². The summed E-state index contributed by atoms with van der Waals surface area (Å²) >= 11 is 0. The number of hydrogen-bond acceptors (Lipinski definition) is 2. The van der Waals surface area contributed by atoms with Crippen LogP contribution in [0.5, 0.6) is 5.75 Å². The Hall–Kier alpha value is -1.18. The van der Waals surface area contributed by atoms with E-state index in [9.17, 15) is 5.11 Å². The van der Waals surface area contributed by atoms with Crippen LogP contribution in [0.15, 0.2) is 24.3 Å². The van der Waals surface area contributed by atoms with Crippen LogP contribution in [0.1, 0.15) is 78.1 Å². The van der Waals surface area contributed by atoms with Crippen molar-refractivity contribution in [3.63, 3.8) is 0 Å². The highest BCUT2D eigenvalue weighted by atomic mass is 16.3. The Bertz CT molecular complexity index is 360. The molecule has 0 unspecified atom stereocenters. The molecule has 0 spiro atoms. The normalized spacial score (nSPS) is 10.8. The molecular weight excluding hydrogens is 270 g/mol. The first-order valence-corrected chi connectivity index (χ1v) is 9.32. The van der Waals surface area contributed by atoms with Crippen molar-refractivity contribution in [1.29, 1.82) is 0 Å². The predicted octanol–water partition coefficient (Wildman–Crippen LogP) is 6.14. The van der Waals surface area contributed by atoms with Gasteiger partial charge in [0.2, 0.25) is 0 Å². The molecule has 0 aliphatic rings. The Labute approximate surface area is 137 Å². The van der Waals surface area contributed by atoms with Crippen molar-refractivity contribution in [3.05, 3.63) is 24.3 Å². The summed E-state index contributed by atoms with van der Waals surface area (Å²) in [6.07, 6.45) is 13.3. The minimum atomic E-state index is 0.355. The fourth-order valence-corrected chi connectivity index (χ4v) is 2.85. The molecule has 0 atom stereocenters. The summed E-state index contributed by atoms with van der Waals surface area (Å²) < 4.78 is 0. The van der Waals surface area contributed by atoms with Crippen LogP contribution in [0.2, 0.25) is 0 Å². The topological polar surface area (TPSA) is 23.5 Å². The van der Waals surface area contributed by atoms with E-state index in [1.165, 1.54) is 69.9 Å². The molecule has 1 rings (SSSR count). The van der Waals surface area contributed by atoms with Crippen LogP contribution in [-0.2, 0) is 0 Å². The zero-order chi connectivity index (χ0) is 16.0. The quantitative estimate of drug-likeness (QED) is 0.442. The molecule has 0 saturated heterocycles. The number of nitrogens with zero attached hydrogens (tertiary/aromatic N) is 1. The third-order valence-electron chi connectivity index (χ3n) is 4.28. The van der Waals surface area contributed by atoms with Gasteiger partial charge in [0.05, 0.1) is 0 Å². The summed E-state index contributed by atoms with van der Waals surface area (Å²) in [6.45, 7) is 6.80. The van der Waals surface area contributed by atoms with Gasteiger partial charge in [0.15, 0.2) is 0 Å². The lowest BCUT2D eigenvalue weighted by molar-refractivity contribution is 0.475. The molecule has 22 heavy (non-hydrogen) atoms. The van der Waals surface area contributed by atoms with Crippen molar-refractivity contribution in [1.82, 2.24) is 0 Å². The number of rotatable bonds is 13. The molecular formula is C20H35NO. The number of phenolic OH excluding ortho intramolecular Hbond substituents is 1. The number of unbranched alkanes of at least 4 members (excludes halogenated alkanes) is 8. The van der Waals surface area contributed by atoms with Gasteiger partial charge in [-0.25, -0.2) is 0 Å². The first-order valence-electron chi connectivity index (χ1n) is 9.32. The van der Waals surface area contributed by atoms with Gasteiger partial charge in [-0.3, -0.25) is 0 Å². The van der Waals surface area contributed by atoms with Gasteiger partial charge in [0, 0.05) is 18.8 Å². The number of hydrogen-bond donors (Lipinski definition) is 1. The van der Waals surface area contributed by atoms with Gasteiger partial charge in [0.25, 0.3) is 0 Å². The first-order chi connectivity index (χ1) is 10.8. The zero-order valence-electron chi connectivity index (χ0n) is 14.7. The third kappa shape index (κ3) is 8.31. The Morgan fingerprint density at radius 1 is 0.682 bits per heavy atom. The van der Waals surface area contributed by atoms with Gasteiger partial charge < -0.3 is 10.0 Å². The maximum absolute atomic E-state index is 9.45. The molecule has 0 amide bonds. The van der Waals surface area contributed by atoms with E-state index in [1.54, 1.807) is 12.1 Å². The highest BCUT2D eigenvalue weighted by Crippen LogP contribution is 2.20. The van der Waals surface area contributed by atoms with E-state index in [2.05, 4.69) is 18.7 Å². The summed E-state index contributed by atoms with van der Waals surface area (Å²) in [5.74, 6) is 0.355. The van der Waals surface area contributed by atoms with Gasteiger partial charge in [-0.05, 0) is 37.1 Å². The van der Waals surface area contributed by atoms with E-state index in [4.69, 9.17) is 0 Å². The van der Waals surface area contributed by atoms with Gasteiger partial charge in [-0.15, -0.1) is 0 Å². The minimum Gasteiger partial charge on any atom is -0.508 e. The molecule has 0 saturated carbocycles. The van der Waals surface area contributed by atoms with Crippen molar-refractivity contribution in [3.8, 4) is 5.75 Å². The van der Waals surface area contributed by atoms with Crippen LogP contribution in [0.4, 0.5) is 5.69 Å². The maximum atomic E-state index is 9.45. The highest BCUT2D eigenvalue weighted by Gasteiger charge is 2.06. The first kappa shape index (κ1) is 18.9. The third-order valence-corrected chi connectivity index (χ3v) is 4.28. The average Bonchev–Trinajstić information content (AvgIpc) is 2.53. The molecule has 2 nitrogen and oxygen atoms in total. The number of benzene rings is 1. The van der Waals surface area contributed by atoms with Crippen LogP contribution in [-0.4, -0.2) is 18.2 Å². The van der Waals surface area contributed by atoms with Crippen molar-refractivity contribution in [2.45, 2.75) is 78.1 Å². The lowest BCUT2D eigenvalue weighted by Gasteiger charge is -2.25. The van der Waals surface area contributed by atoms with Gasteiger partial charge in [0.1, 0.15) is 5.75 Å². The molecule has 0 bridgehead atoms. The smallest absolute Gasteiger partial charge is 0.115 e. The molecule has 0 radical (unpaired) electrons. The van der Waals surface area contributed by atoms with Crippen LogP contribution >= 0.6 is 0 Å². The molecule has 126 valence electrons. The summed E-state index contributed by atoms with van der Waals surface area (Å²) in [5, 5.41) is 9.45. The lowest BCUT2D eigenvalue weighted by Crippen LogP contribution is -2.25. The van der Waals surface area contributed by atoms with Gasteiger partial charge in [-0.1, -0.05) is 65.2 Å². The van der Waals surface area contributed by atoms with E-state index >= 15 is 0 Å². The van der Waals surface area contributed by atoms with E-state index in [0.717, 1.165) is 13.1 Å². The summed E-state index contributed by atoms with van der Waals surface area (Å²) in [5.41, 5.74) is 1.25. The monoisotopic (exact) mass is 305 g/mol. The van der Waals surface area contributed by atoms with Crippen molar-refractivity contribution >= 4 is 5.69 Å². The van der Waals surface area contributed by atoms with E-state index in [-0.39, 0.29) is 0 Å². The van der Waals surface area contributed by atoms with Crippen LogP contribution in [0.25, 0.3) is 0 Å². The summed E-state index contributed by atoms with van der Waals surface area (Å²) in [6, 6.07) is 7.69. The second-order valence-corrected chi connectivity index (χ2v) is 6.33. The molecule has 1 N–H and O–H groups in total. The van der Waals surface area contributed by atoms with Crippen LogP contribution in [0, 0.1) is 0 Å². The van der Waals surface area contributed by atoms with E-state index in [1.807, 2.05) is 12.1 Å². The molecule has 0 aromatic heterocycles. The standard InChI is InChI=1S/C20H35NO/c1-3-5-7-8-9-10-12-18-21(17-11-6-4-2)19-13-15-20(22)16-14-19/h13-16,22H,3-12,17-18H2,1-2H3. The average molecular weight is 306 g/mol. The van der Waals surface area contributed by atoms with E-state index in [0.29, 0.717) is 5.75 Å². The molecule has 0 heterocycles. The second-order valence-electron chi connectivity index (χ2n) is 6.33. The lowest BCUT2D eigenvalue weighted by atomic mass is 10.1. The van der Waals surface area contributed by atoms with Crippen LogP contribution in [0.3, 0.4) is 0 Å². The Morgan fingerprint density at radius 2 is 1.14 bits per heavy atom. The second kappa shape index (κ2) is 12.4. The fourth-order valence-electron chi connectivity index (χ4n) is 2.85. The van der Waals surface area contributed by atoms with E-state index < -0.39 is 0 Å². The molecule has 1 aromatic rings. The van der Waals surface area contributed by atoms with Crippen molar-refractivity contribution < 1.29 is 5.11 Å². The molecule has 0 aliphatic heterocycles. The molecule has 0 aliphatic carbocycles. The largest absolute Gasteiger partial charge is 0.508 e. The van der Waals surface area contributed by atoms with Gasteiger partial charge in [-0.2, -0.15) is 0 Å². The zero-order valence-corrected chi connectivity index (χ0v) is 14.7.